The number of aryl methyl sites for hydroxylation is 1. The smallest absolute Gasteiger partial charge is 0.267 e. The van der Waals surface area contributed by atoms with Gasteiger partial charge in [0.25, 0.3) is 11.8 Å². The number of anilines is 1. The van der Waals surface area contributed by atoms with E-state index in [2.05, 4.69) is 15.6 Å². The lowest BCUT2D eigenvalue weighted by atomic mass is 10.1. The van der Waals surface area contributed by atoms with Gasteiger partial charge in [-0.3, -0.25) is 9.59 Å². The maximum Gasteiger partial charge on any atom is 0.267 e. The third kappa shape index (κ3) is 3.06. The molecule has 4 rings (SSSR count). The number of nitrogens with zero attached hydrogens (tertiary/aromatic N) is 1. The van der Waals surface area contributed by atoms with Crippen LogP contribution in [0.1, 0.15) is 31.3 Å². The summed E-state index contributed by atoms with van der Waals surface area (Å²) in [6.07, 6.45) is 0. The molecule has 3 heterocycles. The summed E-state index contributed by atoms with van der Waals surface area (Å²) in [6.45, 7) is 2.34. The number of fused-ring (bicyclic) bond motifs is 1. The molecule has 2 aromatic heterocycles. The fourth-order valence-corrected chi connectivity index (χ4v) is 4.68. The lowest BCUT2D eigenvalue weighted by Crippen LogP contribution is -2.13. The third-order valence-electron chi connectivity index (χ3n) is 3.84. The molecule has 0 saturated carbocycles. The van der Waals surface area contributed by atoms with Crippen LogP contribution in [0.25, 0.3) is 9.88 Å². The Hall–Kier alpha value is -2.22. The molecule has 2 N–H and O–H groups in total. The van der Waals surface area contributed by atoms with Gasteiger partial charge < -0.3 is 10.6 Å². The predicted molar refractivity (Wildman–Crippen MR) is 101 cm³/mol. The molecule has 25 heavy (non-hydrogen) atoms. The van der Waals surface area contributed by atoms with E-state index in [0.29, 0.717) is 32.7 Å². The van der Waals surface area contributed by atoms with Crippen LogP contribution in [0.4, 0.5) is 5.69 Å². The molecule has 126 valence electrons. The minimum Gasteiger partial charge on any atom is -0.348 e. The molecule has 8 heteroatoms. The van der Waals surface area contributed by atoms with Crippen LogP contribution >= 0.6 is 34.3 Å². The van der Waals surface area contributed by atoms with Gasteiger partial charge in [0.1, 0.15) is 9.88 Å². The van der Waals surface area contributed by atoms with Gasteiger partial charge in [-0.1, -0.05) is 17.7 Å². The van der Waals surface area contributed by atoms with Crippen molar-refractivity contribution in [2.24, 2.45) is 0 Å². The normalized spacial score (nSPS) is 12.8. The van der Waals surface area contributed by atoms with Crippen LogP contribution < -0.4 is 10.6 Å². The topological polar surface area (TPSA) is 71.1 Å². The second-order valence-electron chi connectivity index (χ2n) is 5.55. The summed E-state index contributed by atoms with van der Waals surface area (Å²) >= 11 is 8.73. The van der Waals surface area contributed by atoms with E-state index >= 15 is 0 Å². The summed E-state index contributed by atoms with van der Waals surface area (Å²) in [6, 6.07) is 9.06. The van der Waals surface area contributed by atoms with Gasteiger partial charge in [-0.15, -0.1) is 22.7 Å². The molecule has 0 fully saturated rings. The SMILES string of the molecule is Cc1nc(-c2ccc(Cl)s2)sc1C(=O)Nc1ccc2c(c1)C(=O)NC2. The minimum atomic E-state index is -0.234. The Kier molecular flexibility index (Phi) is 4.07. The highest BCUT2D eigenvalue weighted by atomic mass is 35.5. The van der Waals surface area contributed by atoms with Crippen molar-refractivity contribution in [3.05, 3.63) is 56.4 Å². The van der Waals surface area contributed by atoms with Gasteiger partial charge in [-0.05, 0) is 36.8 Å². The van der Waals surface area contributed by atoms with Crippen LogP contribution in [-0.2, 0) is 6.54 Å². The summed E-state index contributed by atoms with van der Waals surface area (Å²) in [4.78, 5) is 30.3. The monoisotopic (exact) mass is 389 g/mol. The zero-order valence-electron chi connectivity index (χ0n) is 13.1. The van der Waals surface area contributed by atoms with Gasteiger partial charge >= 0.3 is 0 Å². The first kappa shape index (κ1) is 16.3. The van der Waals surface area contributed by atoms with Gasteiger partial charge in [0, 0.05) is 17.8 Å². The van der Waals surface area contributed by atoms with Crippen molar-refractivity contribution in [1.29, 1.82) is 0 Å². The second-order valence-corrected chi connectivity index (χ2v) is 8.26. The Bertz CT molecular complexity index is 1010. The molecule has 0 unspecified atom stereocenters. The predicted octanol–water partition coefficient (Wildman–Crippen LogP) is 4.33. The van der Waals surface area contributed by atoms with E-state index in [1.165, 1.54) is 22.7 Å². The third-order valence-corrected chi connectivity index (χ3v) is 6.40. The van der Waals surface area contributed by atoms with Crippen LogP contribution in [0.15, 0.2) is 30.3 Å². The summed E-state index contributed by atoms with van der Waals surface area (Å²) in [5, 5.41) is 6.38. The van der Waals surface area contributed by atoms with Crippen molar-refractivity contribution in [2.75, 3.05) is 5.32 Å². The molecule has 1 aliphatic rings. The number of carbonyl (C=O) groups is 2. The Morgan fingerprint density at radius 3 is 2.88 bits per heavy atom. The van der Waals surface area contributed by atoms with E-state index in [0.717, 1.165) is 15.4 Å². The van der Waals surface area contributed by atoms with Gasteiger partial charge in [0.15, 0.2) is 0 Å². The number of hydrogen-bond donors (Lipinski definition) is 2. The van der Waals surface area contributed by atoms with Crippen LogP contribution in [0.5, 0.6) is 0 Å². The second kappa shape index (κ2) is 6.25. The van der Waals surface area contributed by atoms with Crippen LogP contribution in [-0.4, -0.2) is 16.8 Å². The zero-order chi connectivity index (χ0) is 17.6. The molecule has 1 aliphatic heterocycles. The number of aromatic nitrogens is 1. The first-order valence-corrected chi connectivity index (χ1v) is 9.48. The van der Waals surface area contributed by atoms with Gasteiger partial charge in [0.2, 0.25) is 0 Å². The fourth-order valence-electron chi connectivity index (χ4n) is 2.62. The van der Waals surface area contributed by atoms with Gasteiger partial charge in [-0.25, -0.2) is 4.98 Å². The molecule has 0 radical (unpaired) electrons. The highest BCUT2D eigenvalue weighted by Crippen LogP contribution is 2.35. The Morgan fingerprint density at radius 1 is 1.28 bits per heavy atom. The lowest BCUT2D eigenvalue weighted by molar-refractivity contribution is 0.0964. The summed E-state index contributed by atoms with van der Waals surface area (Å²) in [5.41, 5.74) is 2.80. The van der Waals surface area contributed by atoms with Gasteiger partial charge in [-0.2, -0.15) is 0 Å². The Morgan fingerprint density at radius 2 is 2.12 bits per heavy atom. The van der Waals surface area contributed by atoms with Crippen LogP contribution in [0.2, 0.25) is 4.34 Å². The van der Waals surface area contributed by atoms with Crippen molar-refractivity contribution in [3.8, 4) is 9.88 Å². The number of rotatable bonds is 3. The fraction of sp³-hybridized carbons (Fsp3) is 0.118. The van der Waals surface area contributed by atoms with E-state index in [1.54, 1.807) is 19.1 Å². The largest absolute Gasteiger partial charge is 0.348 e. The summed E-state index contributed by atoms with van der Waals surface area (Å²) < 4.78 is 0.685. The number of halogens is 1. The first-order valence-electron chi connectivity index (χ1n) is 7.47. The molecule has 0 saturated heterocycles. The quantitative estimate of drug-likeness (QED) is 0.700. The van der Waals surface area contributed by atoms with E-state index in [-0.39, 0.29) is 11.8 Å². The minimum absolute atomic E-state index is 0.114. The highest BCUT2D eigenvalue weighted by Gasteiger charge is 2.21. The molecule has 0 aliphatic carbocycles. The van der Waals surface area contributed by atoms with E-state index in [1.807, 2.05) is 18.2 Å². The van der Waals surface area contributed by atoms with E-state index in [9.17, 15) is 9.59 Å². The number of hydrogen-bond acceptors (Lipinski definition) is 5. The van der Waals surface area contributed by atoms with Crippen molar-refractivity contribution in [1.82, 2.24) is 10.3 Å². The number of thiazole rings is 1. The molecule has 0 atom stereocenters. The first-order chi connectivity index (χ1) is 12.0. The summed E-state index contributed by atoms with van der Waals surface area (Å²) in [5.74, 6) is -0.348. The highest BCUT2D eigenvalue weighted by molar-refractivity contribution is 7.24. The average Bonchev–Trinajstić information content (AvgIpc) is 3.27. The van der Waals surface area contributed by atoms with Crippen molar-refractivity contribution >= 4 is 51.8 Å². The summed E-state index contributed by atoms with van der Waals surface area (Å²) in [7, 11) is 0. The Labute approximate surface area is 156 Å². The van der Waals surface area contributed by atoms with Crippen LogP contribution in [0.3, 0.4) is 0 Å². The zero-order valence-corrected chi connectivity index (χ0v) is 15.4. The number of nitrogens with one attached hydrogen (secondary N) is 2. The molecule has 1 aromatic carbocycles. The Balaban J connectivity index is 1.59. The maximum atomic E-state index is 12.6. The number of benzene rings is 1. The average molecular weight is 390 g/mol. The molecular formula is C17H12ClN3O2S2. The standard InChI is InChI=1S/C17H12ClN3O2S2/c1-8-14(25-17(20-8)12-4-5-13(18)24-12)16(23)21-10-3-2-9-7-19-15(22)11(9)6-10/h2-6H,7H2,1H3,(H,19,22)(H,21,23). The van der Waals surface area contributed by atoms with E-state index < -0.39 is 0 Å². The molecule has 0 spiro atoms. The molecular weight excluding hydrogens is 378 g/mol. The number of thiophene rings is 1. The molecule has 2 amide bonds. The number of carbonyl (C=O) groups excluding carboxylic acids is 2. The van der Waals surface area contributed by atoms with Gasteiger partial charge in [0.05, 0.1) is 14.9 Å². The maximum absolute atomic E-state index is 12.6. The molecule has 5 nitrogen and oxygen atoms in total. The van der Waals surface area contributed by atoms with Crippen molar-refractivity contribution < 1.29 is 9.59 Å². The van der Waals surface area contributed by atoms with Crippen molar-refractivity contribution in [3.63, 3.8) is 0 Å². The number of amides is 2. The van der Waals surface area contributed by atoms with E-state index in [4.69, 9.17) is 11.6 Å². The van der Waals surface area contributed by atoms with Crippen LogP contribution in [0, 0.1) is 6.92 Å². The van der Waals surface area contributed by atoms with Crippen molar-refractivity contribution in [2.45, 2.75) is 13.5 Å². The molecule has 0 bridgehead atoms. The lowest BCUT2D eigenvalue weighted by Gasteiger charge is -2.05. The molecule has 3 aromatic rings.